The van der Waals surface area contributed by atoms with Gasteiger partial charge in [-0.1, -0.05) is 13.2 Å². The summed E-state index contributed by atoms with van der Waals surface area (Å²) in [5.41, 5.74) is -0.315. The quantitative estimate of drug-likeness (QED) is 0.449. The van der Waals surface area contributed by atoms with Crippen molar-refractivity contribution in [1.29, 1.82) is 0 Å². The fourth-order valence-corrected chi connectivity index (χ4v) is 0.327. The van der Waals surface area contributed by atoms with Crippen LogP contribution in [0.15, 0.2) is 25.1 Å². The van der Waals surface area contributed by atoms with Gasteiger partial charge in [0.1, 0.15) is 5.70 Å². The molecule has 10 heavy (non-hydrogen) atoms. The minimum absolute atomic E-state index is 0.315. The molecule has 0 aliphatic heterocycles. The van der Waals surface area contributed by atoms with E-state index >= 15 is 0 Å². The number of carboxylic acid groups (broad SMARTS) is 1. The molecule has 4 heteroatoms. The predicted molar refractivity (Wildman–Crippen MR) is 34.9 cm³/mol. The van der Waals surface area contributed by atoms with Gasteiger partial charge in [-0.3, -0.25) is 9.69 Å². The monoisotopic (exact) mass is 141 g/mol. The fraction of sp³-hybridized carbons (Fsp3) is 0. The highest BCUT2D eigenvalue weighted by molar-refractivity contribution is 5.88. The van der Waals surface area contributed by atoms with Crippen LogP contribution in [0.4, 0.5) is 0 Å². The first-order chi connectivity index (χ1) is 4.63. The van der Waals surface area contributed by atoms with Gasteiger partial charge in [-0.2, -0.15) is 0 Å². The molecule has 0 saturated heterocycles. The maximum Gasteiger partial charge on any atom is 0.352 e. The lowest BCUT2D eigenvalue weighted by Crippen LogP contribution is -2.19. The Morgan fingerprint density at radius 1 is 1.60 bits per heavy atom. The summed E-state index contributed by atoms with van der Waals surface area (Å²) >= 11 is 0. The summed E-state index contributed by atoms with van der Waals surface area (Å²) in [6.07, 6.45) is 1.40. The van der Waals surface area contributed by atoms with E-state index in [1.54, 1.807) is 0 Å². The highest BCUT2D eigenvalue weighted by atomic mass is 16.4. The van der Waals surface area contributed by atoms with Crippen LogP contribution >= 0.6 is 0 Å². The molecule has 4 nitrogen and oxygen atoms in total. The standard InChI is InChI=1S/C6H7NO3/c1-3-7(4-8)5(2)6(9)10/h3-4H,1-2H2,(H,9,10). The van der Waals surface area contributed by atoms with Gasteiger partial charge in [0, 0.05) is 6.20 Å². The summed E-state index contributed by atoms with van der Waals surface area (Å²) in [5, 5.41) is 8.27. The number of aliphatic carboxylic acids is 1. The van der Waals surface area contributed by atoms with Crippen molar-refractivity contribution in [2.24, 2.45) is 0 Å². The Balaban J connectivity index is 4.29. The summed E-state index contributed by atoms with van der Waals surface area (Å²) in [7, 11) is 0. The van der Waals surface area contributed by atoms with Crippen LogP contribution in [0.2, 0.25) is 0 Å². The second kappa shape index (κ2) is 3.45. The molecule has 0 aromatic rings. The zero-order chi connectivity index (χ0) is 8.15. The number of carbonyl (C=O) groups is 2. The van der Waals surface area contributed by atoms with E-state index < -0.39 is 5.97 Å². The lowest BCUT2D eigenvalue weighted by molar-refractivity contribution is -0.135. The molecular formula is C6H7NO3. The first kappa shape index (κ1) is 8.42. The van der Waals surface area contributed by atoms with Gasteiger partial charge in [-0.05, 0) is 0 Å². The summed E-state index contributed by atoms with van der Waals surface area (Å²) < 4.78 is 0. The molecule has 0 aromatic heterocycles. The number of hydrogen-bond acceptors (Lipinski definition) is 2. The molecule has 1 amide bonds. The Kier molecular flexibility index (Phi) is 2.90. The summed E-state index contributed by atoms with van der Waals surface area (Å²) in [6.45, 7) is 6.33. The van der Waals surface area contributed by atoms with E-state index in [1.165, 1.54) is 0 Å². The Morgan fingerprint density at radius 3 is 2.20 bits per heavy atom. The average Bonchev–Trinajstić information content (AvgIpc) is 1.90. The Hall–Kier alpha value is -1.58. The number of carboxylic acids is 1. The molecule has 0 spiro atoms. The molecule has 0 radical (unpaired) electrons. The Bertz CT molecular complexity index is 177. The Labute approximate surface area is 58.1 Å². The first-order valence-electron chi connectivity index (χ1n) is 2.42. The maximum absolute atomic E-state index is 10.1. The van der Waals surface area contributed by atoms with Crippen molar-refractivity contribution in [3.8, 4) is 0 Å². The predicted octanol–water partition coefficient (Wildman–Crippen LogP) is 0.187. The highest BCUT2D eigenvalue weighted by Crippen LogP contribution is 1.97. The zero-order valence-corrected chi connectivity index (χ0v) is 5.28. The van der Waals surface area contributed by atoms with Crippen LogP contribution in [0.5, 0.6) is 0 Å². The number of hydrogen-bond donors (Lipinski definition) is 1. The van der Waals surface area contributed by atoms with E-state index in [0.29, 0.717) is 6.41 Å². The van der Waals surface area contributed by atoms with Gasteiger partial charge in [0.25, 0.3) is 0 Å². The molecule has 0 aromatic carbocycles. The van der Waals surface area contributed by atoms with E-state index in [2.05, 4.69) is 13.2 Å². The van der Waals surface area contributed by atoms with E-state index in [1.807, 2.05) is 0 Å². The van der Waals surface area contributed by atoms with Crippen LogP contribution in [0.25, 0.3) is 0 Å². The minimum atomic E-state index is -1.24. The molecule has 0 unspecified atom stereocenters. The third-order valence-electron chi connectivity index (χ3n) is 0.869. The van der Waals surface area contributed by atoms with Crippen molar-refractivity contribution in [2.45, 2.75) is 0 Å². The minimum Gasteiger partial charge on any atom is -0.477 e. The lowest BCUT2D eigenvalue weighted by Gasteiger charge is -2.08. The normalized spacial score (nSPS) is 8.00. The van der Waals surface area contributed by atoms with Crippen LogP contribution in [-0.2, 0) is 9.59 Å². The molecule has 1 N–H and O–H groups in total. The van der Waals surface area contributed by atoms with Gasteiger partial charge in [0.2, 0.25) is 6.41 Å². The molecule has 0 heterocycles. The van der Waals surface area contributed by atoms with E-state index in [0.717, 1.165) is 11.1 Å². The van der Waals surface area contributed by atoms with Gasteiger partial charge < -0.3 is 5.11 Å². The summed E-state index contributed by atoms with van der Waals surface area (Å²) in [4.78, 5) is 20.9. The maximum atomic E-state index is 10.1. The molecule has 0 saturated carbocycles. The van der Waals surface area contributed by atoms with Crippen LogP contribution in [0.3, 0.4) is 0 Å². The van der Waals surface area contributed by atoms with Crippen LogP contribution in [0, 0.1) is 0 Å². The van der Waals surface area contributed by atoms with E-state index in [-0.39, 0.29) is 5.70 Å². The van der Waals surface area contributed by atoms with Gasteiger partial charge in [-0.15, -0.1) is 0 Å². The third-order valence-corrected chi connectivity index (χ3v) is 0.869. The van der Waals surface area contributed by atoms with Crippen LogP contribution in [0.1, 0.15) is 0 Å². The molecular weight excluding hydrogens is 134 g/mol. The van der Waals surface area contributed by atoms with E-state index in [9.17, 15) is 9.59 Å². The molecule has 0 aliphatic rings. The molecule has 0 fully saturated rings. The highest BCUT2D eigenvalue weighted by Gasteiger charge is 2.08. The van der Waals surface area contributed by atoms with Crippen molar-refractivity contribution in [1.82, 2.24) is 4.90 Å². The smallest absolute Gasteiger partial charge is 0.352 e. The lowest BCUT2D eigenvalue weighted by atomic mass is 10.4. The summed E-state index contributed by atoms with van der Waals surface area (Å²) in [6, 6.07) is 0. The topological polar surface area (TPSA) is 57.6 Å². The van der Waals surface area contributed by atoms with Crippen molar-refractivity contribution in [3.63, 3.8) is 0 Å². The largest absolute Gasteiger partial charge is 0.477 e. The number of carbonyl (C=O) groups excluding carboxylic acids is 1. The van der Waals surface area contributed by atoms with Crippen molar-refractivity contribution >= 4 is 12.4 Å². The van der Waals surface area contributed by atoms with E-state index in [4.69, 9.17) is 5.11 Å². The van der Waals surface area contributed by atoms with Gasteiger partial charge >= 0.3 is 5.97 Å². The number of nitrogens with zero attached hydrogens (tertiary/aromatic N) is 1. The second-order valence-corrected chi connectivity index (χ2v) is 1.45. The van der Waals surface area contributed by atoms with Gasteiger partial charge in [-0.25, -0.2) is 4.79 Å². The number of amides is 1. The fourth-order valence-electron chi connectivity index (χ4n) is 0.327. The molecule has 0 rings (SSSR count). The Morgan fingerprint density at radius 2 is 2.10 bits per heavy atom. The van der Waals surface area contributed by atoms with Crippen molar-refractivity contribution < 1.29 is 14.7 Å². The first-order valence-corrected chi connectivity index (χ1v) is 2.42. The zero-order valence-electron chi connectivity index (χ0n) is 5.28. The molecule has 0 aliphatic carbocycles. The van der Waals surface area contributed by atoms with Crippen molar-refractivity contribution in [3.05, 3.63) is 25.1 Å². The molecule has 54 valence electrons. The van der Waals surface area contributed by atoms with Gasteiger partial charge in [0.15, 0.2) is 0 Å². The van der Waals surface area contributed by atoms with Gasteiger partial charge in [0.05, 0.1) is 0 Å². The third kappa shape index (κ3) is 1.74. The summed E-state index contributed by atoms with van der Waals surface area (Å²) in [5.74, 6) is -1.24. The average molecular weight is 141 g/mol. The second-order valence-electron chi connectivity index (χ2n) is 1.45. The number of rotatable bonds is 4. The SMILES string of the molecule is C=CN(C=O)C(=C)C(=O)O. The van der Waals surface area contributed by atoms with Crippen LogP contribution < -0.4 is 0 Å². The van der Waals surface area contributed by atoms with Crippen LogP contribution in [-0.4, -0.2) is 22.4 Å². The van der Waals surface area contributed by atoms with Crippen molar-refractivity contribution in [2.75, 3.05) is 0 Å². The molecule has 0 atom stereocenters. The molecule has 0 bridgehead atoms.